The number of esters is 1. The quantitative estimate of drug-likeness (QED) is 0.687. The molecule has 1 aliphatic carbocycles. The van der Waals surface area contributed by atoms with Crippen LogP contribution >= 0.6 is 0 Å². The van der Waals surface area contributed by atoms with Gasteiger partial charge in [0.1, 0.15) is 0 Å². The van der Waals surface area contributed by atoms with Crippen molar-refractivity contribution >= 4 is 5.97 Å². The van der Waals surface area contributed by atoms with E-state index in [0.29, 0.717) is 37.5 Å². The summed E-state index contributed by atoms with van der Waals surface area (Å²) in [5, 5.41) is 7.71. The van der Waals surface area contributed by atoms with Crippen LogP contribution in [-0.4, -0.2) is 40.3 Å². The highest BCUT2D eigenvalue weighted by atomic mass is 16.5. The third-order valence-corrected chi connectivity index (χ3v) is 2.61. The highest BCUT2D eigenvalue weighted by molar-refractivity contribution is 5.71. The van der Waals surface area contributed by atoms with Gasteiger partial charge in [0.05, 0.1) is 19.7 Å². The Bertz CT molecular complexity index is 387. The number of carbonyl (C=O) groups excluding carboxylic acids is 1. The number of hydrogen-bond donors (Lipinski definition) is 0. The van der Waals surface area contributed by atoms with Crippen LogP contribution in [0.4, 0.5) is 0 Å². The van der Waals surface area contributed by atoms with E-state index in [4.69, 9.17) is 9.15 Å². The summed E-state index contributed by atoms with van der Waals surface area (Å²) in [7, 11) is 0. The summed E-state index contributed by atoms with van der Waals surface area (Å²) in [6.45, 7) is 4.78. The van der Waals surface area contributed by atoms with Gasteiger partial charge in [-0.25, -0.2) is 0 Å². The topological polar surface area (TPSA) is 68.5 Å². The second-order valence-corrected chi connectivity index (χ2v) is 4.16. The van der Waals surface area contributed by atoms with Gasteiger partial charge in [-0.3, -0.25) is 9.69 Å². The minimum absolute atomic E-state index is 0.198. The van der Waals surface area contributed by atoms with Crippen LogP contribution in [0.1, 0.15) is 31.5 Å². The van der Waals surface area contributed by atoms with E-state index in [0.717, 1.165) is 12.8 Å². The largest absolute Gasteiger partial charge is 0.465 e. The van der Waals surface area contributed by atoms with E-state index in [1.165, 1.54) is 0 Å². The molecule has 0 radical (unpaired) electrons. The smallest absolute Gasteiger partial charge is 0.320 e. The van der Waals surface area contributed by atoms with E-state index >= 15 is 0 Å². The highest BCUT2D eigenvalue weighted by Crippen LogP contribution is 2.27. The fourth-order valence-electron chi connectivity index (χ4n) is 1.70. The molecule has 0 aliphatic heterocycles. The van der Waals surface area contributed by atoms with Gasteiger partial charge < -0.3 is 9.15 Å². The molecule has 0 saturated heterocycles. The van der Waals surface area contributed by atoms with Gasteiger partial charge in [-0.2, -0.15) is 0 Å². The number of aromatic nitrogens is 2. The summed E-state index contributed by atoms with van der Waals surface area (Å²) in [5.74, 6) is 0.904. The Kier molecular flexibility index (Phi) is 3.73. The normalized spacial score (nSPS) is 15.2. The van der Waals surface area contributed by atoms with Crippen molar-refractivity contribution in [3.8, 4) is 0 Å². The van der Waals surface area contributed by atoms with E-state index in [1.54, 1.807) is 13.8 Å². The van der Waals surface area contributed by atoms with Crippen LogP contribution in [0.15, 0.2) is 4.42 Å². The fraction of sp³-hybridized carbons (Fsp3) is 0.727. The van der Waals surface area contributed by atoms with E-state index in [2.05, 4.69) is 10.2 Å². The summed E-state index contributed by atoms with van der Waals surface area (Å²) in [6, 6.07) is 0.451. The molecule has 1 aromatic heterocycles. The van der Waals surface area contributed by atoms with Crippen molar-refractivity contribution in [2.24, 2.45) is 0 Å². The van der Waals surface area contributed by atoms with Gasteiger partial charge in [0.25, 0.3) is 0 Å². The molecule has 0 N–H and O–H groups in total. The molecule has 17 heavy (non-hydrogen) atoms. The lowest BCUT2D eigenvalue weighted by Gasteiger charge is -2.18. The zero-order chi connectivity index (χ0) is 12.3. The van der Waals surface area contributed by atoms with E-state index in [1.807, 2.05) is 4.90 Å². The van der Waals surface area contributed by atoms with Crippen LogP contribution in [0.2, 0.25) is 0 Å². The van der Waals surface area contributed by atoms with E-state index in [-0.39, 0.29) is 5.97 Å². The minimum Gasteiger partial charge on any atom is -0.465 e. The maximum Gasteiger partial charge on any atom is 0.320 e. The first-order valence-electron chi connectivity index (χ1n) is 5.87. The summed E-state index contributed by atoms with van der Waals surface area (Å²) in [6.07, 6.45) is 2.24. The lowest BCUT2D eigenvalue weighted by atomic mass is 10.4. The van der Waals surface area contributed by atoms with Crippen LogP contribution in [0.3, 0.4) is 0 Å². The Labute approximate surface area is 99.9 Å². The second kappa shape index (κ2) is 5.27. The molecule has 1 heterocycles. The highest BCUT2D eigenvalue weighted by Gasteiger charge is 2.31. The molecule has 2 rings (SSSR count). The number of hydrogen-bond acceptors (Lipinski definition) is 6. The molecule has 6 nitrogen and oxygen atoms in total. The van der Waals surface area contributed by atoms with Crippen molar-refractivity contribution in [2.45, 2.75) is 39.3 Å². The SMILES string of the molecule is CCOC(=O)CN(Cc1nnc(C)o1)C1CC1. The van der Waals surface area contributed by atoms with Crippen molar-refractivity contribution in [3.63, 3.8) is 0 Å². The number of rotatable bonds is 6. The van der Waals surface area contributed by atoms with Crippen LogP contribution in [0, 0.1) is 6.92 Å². The second-order valence-electron chi connectivity index (χ2n) is 4.16. The van der Waals surface area contributed by atoms with Crippen molar-refractivity contribution in [1.82, 2.24) is 15.1 Å². The average molecular weight is 239 g/mol. The molecule has 0 spiro atoms. The molecule has 1 fully saturated rings. The van der Waals surface area contributed by atoms with Gasteiger partial charge in [0.2, 0.25) is 11.8 Å². The van der Waals surface area contributed by atoms with Crippen LogP contribution in [-0.2, 0) is 16.1 Å². The summed E-state index contributed by atoms with van der Waals surface area (Å²) in [4.78, 5) is 13.5. The molecular formula is C11H17N3O3. The molecule has 0 aromatic carbocycles. The minimum atomic E-state index is -0.198. The standard InChI is InChI=1S/C11H17N3O3/c1-3-16-11(15)7-14(9-4-5-9)6-10-13-12-8(2)17-10/h9H,3-7H2,1-2H3. The zero-order valence-corrected chi connectivity index (χ0v) is 10.2. The molecular weight excluding hydrogens is 222 g/mol. The first-order valence-corrected chi connectivity index (χ1v) is 5.87. The number of nitrogens with zero attached hydrogens (tertiary/aromatic N) is 3. The van der Waals surface area contributed by atoms with Gasteiger partial charge in [-0.05, 0) is 19.8 Å². The molecule has 94 valence electrons. The predicted octanol–water partition coefficient (Wildman–Crippen LogP) is 0.906. The molecule has 0 atom stereocenters. The van der Waals surface area contributed by atoms with Gasteiger partial charge in [0.15, 0.2) is 0 Å². The zero-order valence-electron chi connectivity index (χ0n) is 10.2. The average Bonchev–Trinajstić information content (AvgIpc) is 3.03. The molecule has 0 amide bonds. The molecule has 0 unspecified atom stereocenters. The van der Waals surface area contributed by atoms with Crippen LogP contribution in [0.25, 0.3) is 0 Å². The monoisotopic (exact) mass is 239 g/mol. The molecule has 1 saturated carbocycles. The first kappa shape index (κ1) is 12.0. The number of aryl methyl sites for hydroxylation is 1. The Morgan fingerprint density at radius 1 is 1.53 bits per heavy atom. The third-order valence-electron chi connectivity index (χ3n) is 2.61. The lowest BCUT2D eigenvalue weighted by Crippen LogP contribution is -2.32. The summed E-state index contributed by atoms with van der Waals surface area (Å²) in [5.41, 5.74) is 0. The maximum atomic E-state index is 11.5. The van der Waals surface area contributed by atoms with Crippen molar-refractivity contribution in [2.75, 3.05) is 13.2 Å². The Hall–Kier alpha value is -1.43. The molecule has 1 aliphatic rings. The number of carbonyl (C=O) groups is 1. The molecule has 6 heteroatoms. The molecule has 0 bridgehead atoms. The molecule has 1 aromatic rings. The van der Waals surface area contributed by atoms with E-state index in [9.17, 15) is 4.79 Å². The van der Waals surface area contributed by atoms with Gasteiger partial charge in [-0.1, -0.05) is 0 Å². The number of ether oxygens (including phenoxy) is 1. The van der Waals surface area contributed by atoms with E-state index < -0.39 is 0 Å². The Morgan fingerprint density at radius 3 is 2.82 bits per heavy atom. The third kappa shape index (κ3) is 3.52. The van der Waals surface area contributed by atoms with Crippen LogP contribution in [0.5, 0.6) is 0 Å². The van der Waals surface area contributed by atoms with Crippen LogP contribution < -0.4 is 0 Å². The Balaban J connectivity index is 1.91. The summed E-state index contributed by atoms with van der Waals surface area (Å²) < 4.78 is 10.3. The van der Waals surface area contributed by atoms with Crippen molar-refractivity contribution < 1.29 is 13.9 Å². The lowest BCUT2D eigenvalue weighted by molar-refractivity contribution is -0.144. The first-order chi connectivity index (χ1) is 8.19. The Morgan fingerprint density at radius 2 is 2.29 bits per heavy atom. The summed E-state index contributed by atoms with van der Waals surface area (Å²) >= 11 is 0. The fourth-order valence-corrected chi connectivity index (χ4v) is 1.70. The van der Waals surface area contributed by atoms with Gasteiger partial charge in [0, 0.05) is 13.0 Å². The van der Waals surface area contributed by atoms with Gasteiger partial charge in [-0.15, -0.1) is 10.2 Å². The maximum absolute atomic E-state index is 11.5. The van der Waals surface area contributed by atoms with Crippen molar-refractivity contribution in [1.29, 1.82) is 0 Å². The van der Waals surface area contributed by atoms with Crippen molar-refractivity contribution in [3.05, 3.63) is 11.8 Å². The van der Waals surface area contributed by atoms with Gasteiger partial charge >= 0.3 is 5.97 Å². The predicted molar refractivity (Wildman–Crippen MR) is 59.1 cm³/mol.